The van der Waals surface area contributed by atoms with Gasteiger partial charge in [0.2, 0.25) is 12.3 Å². The van der Waals surface area contributed by atoms with E-state index in [1.165, 1.54) is 0 Å². The van der Waals surface area contributed by atoms with E-state index >= 15 is 0 Å². The summed E-state index contributed by atoms with van der Waals surface area (Å²) in [6, 6.07) is -2.11. The predicted molar refractivity (Wildman–Crippen MR) is 89.8 cm³/mol. The fraction of sp³-hybridized carbons (Fsp3) is 0.812. The molecule has 0 unspecified atom stereocenters. The van der Waals surface area contributed by atoms with Crippen molar-refractivity contribution in [1.29, 1.82) is 0 Å². The highest BCUT2D eigenvalue weighted by Crippen LogP contribution is 2.19. The van der Waals surface area contributed by atoms with Crippen LogP contribution in [0.5, 0.6) is 0 Å². The van der Waals surface area contributed by atoms with Gasteiger partial charge in [-0.05, 0) is 44.6 Å². The van der Waals surface area contributed by atoms with Gasteiger partial charge < -0.3 is 4.74 Å². The van der Waals surface area contributed by atoms with E-state index in [1.54, 1.807) is 34.6 Å². The molecule has 0 aromatic carbocycles. The first-order valence-electron chi connectivity index (χ1n) is 7.99. The number of azide groups is 1. The molecule has 0 heterocycles. The standard InChI is InChI=1S/C16H28N4O4/c1-10(2)8-12(15(23)24-16(5,6)7)20(9-21)14(22)13(11(3)4)18-19-17/h9-13H,8H2,1-7H3/t12-,13-/m0/s1. The molecule has 8 nitrogen and oxygen atoms in total. The number of hydrogen-bond acceptors (Lipinski definition) is 5. The van der Waals surface area contributed by atoms with Crippen molar-refractivity contribution < 1.29 is 19.1 Å². The molecule has 0 rings (SSSR count). The lowest BCUT2D eigenvalue weighted by Crippen LogP contribution is -2.51. The van der Waals surface area contributed by atoms with Gasteiger partial charge in [0.15, 0.2) is 0 Å². The van der Waals surface area contributed by atoms with Crippen LogP contribution in [-0.4, -0.2) is 40.9 Å². The molecule has 0 N–H and O–H groups in total. The third kappa shape index (κ3) is 7.00. The lowest BCUT2D eigenvalue weighted by Gasteiger charge is -2.31. The third-order valence-corrected chi connectivity index (χ3v) is 3.14. The Bertz CT molecular complexity index is 505. The maximum atomic E-state index is 12.6. The Labute approximate surface area is 143 Å². The molecule has 0 radical (unpaired) electrons. The Morgan fingerprint density at radius 3 is 2.12 bits per heavy atom. The molecule has 2 atom stereocenters. The summed E-state index contributed by atoms with van der Waals surface area (Å²) in [6.07, 6.45) is 0.571. The van der Waals surface area contributed by atoms with Crippen molar-refractivity contribution in [1.82, 2.24) is 4.90 Å². The second kappa shape index (κ2) is 9.27. The molecule has 0 fully saturated rings. The van der Waals surface area contributed by atoms with E-state index in [4.69, 9.17) is 10.3 Å². The van der Waals surface area contributed by atoms with Crippen molar-refractivity contribution in [2.75, 3.05) is 0 Å². The van der Waals surface area contributed by atoms with Crippen LogP contribution in [0.25, 0.3) is 10.4 Å². The zero-order chi connectivity index (χ0) is 19.1. The highest BCUT2D eigenvalue weighted by molar-refractivity contribution is 5.95. The van der Waals surface area contributed by atoms with Gasteiger partial charge in [0.05, 0.1) is 0 Å². The molecule has 136 valence electrons. The number of ether oxygens (including phenoxy) is 1. The van der Waals surface area contributed by atoms with E-state index < -0.39 is 29.6 Å². The van der Waals surface area contributed by atoms with Gasteiger partial charge in [0.1, 0.15) is 17.7 Å². The first-order chi connectivity index (χ1) is 10.9. The van der Waals surface area contributed by atoms with Crippen molar-refractivity contribution in [2.24, 2.45) is 17.0 Å². The molecule has 0 aliphatic carbocycles. The second-order valence-electron chi connectivity index (χ2n) is 7.42. The van der Waals surface area contributed by atoms with Crippen molar-refractivity contribution in [3.63, 3.8) is 0 Å². The van der Waals surface area contributed by atoms with Gasteiger partial charge in [0.25, 0.3) is 0 Å². The second-order valence-corrected chi connectivity index (χ2v) is 7.42. The lowest BCUT2D eigenvalue weighted by molar-refractivity contribution is -0.167. The van der Waals surface area contributed by atoms with Crippen molar-refractivity contribution in [3.05, 3.63) is 10.4 Å². The first-order valence-corrected chi connectivity index (χ1v) is 7.99. The van der Waals surface area contributed by atoms with Crippen molar-refractivity contribution >= 4 is 18.3 Å². The maximum Gasteiger partial charge on any atom is 0.329 e. The smallest absolute Gasteiger partial charge is 0.329 e. The zero-order valence-electron chi connectivity index (χ0n) is 15.5. The minimum Gasteiger partial charge on any atom is -0.458 e. The molecule has 24 heavy (non-hydrogen) atoms. The number of amides is 2. The molecule has 0 saturated heterocycles. The summed E-state index contributed by atoms with van der Waals surface area (Å²) >= 11 is 0. The summed E-state index contributed by atoms with van der Waals surface area (Å²) in [5, 5.41) is 3.47. The molecule has 8 heteroatoms. The van der Waals surface area contributed by atoms with Gasteiger partial charge in [-0.1, -0.05) is 32.8 Å². The van der Waals surface area contributed by atoms with Crippen molar-refractivity contribution in [2.45, 2.75) is 72.6 Å². The number of nitrogens with zero attached hydrogens (tertiary/aromatic N) is 4. The molecule has 0 aliphatic rings. The van der Waals surface area contributed by atoms with Crippen molar-refractivity contribution in [3.8, 4) is 0 Å². The maximum absolute atomic E-state index is 12.6. The van der Waals surface area contributed by atoms with Crippen LogP contribution in [0.3, 0.4) is 0 Å². The minimum absolute atomic E-state index is 0.0507. The fourth-order valence-electron chi connectivity index (χ4n) is 2.09. The highest BCUT2D eigenvalue weighted by atomic mass is 16.6. The number of rotatable bonds is 8. The molecule has 0 aliphatic heterocycles. The Morgan fingerprint density at radius 1 is 1.25 bits per heavy atom. The zero-order valence-corrected chi connectivity index (χ0v) is 15.5. The lowest BCUT2D eigenvalue weighted by atomic mass is 9.99. The summed E-state index contributed by atoms with van der Waals surface area (Å²) in [5.74, 6) is -1.61. The van der Waals surface area contributed by atoms with E-state index in [2.05, 4.69) is 10.0 Å². The fourth-order valence-corrected chi connectivity index (χ4v) is 2.09. The average molecular weight is 340 g/mol. The van der Waals surface area contributed by atoms with Gasteiger partial charge in [-0.15, -0.1) is 0 Å². The van der Waals surface area contributed by atoms with E-state index in [-0.39, 0.29) is 18.3 Å². The van der Waals surface area contributed by atoms with Gasteiger partial charge in [-0.3, -0.25) is 14.5 Å². The number of carbonyl (C=O) groups excluding carboxylic acids is 3. The predicted octanol–water partition coefficient (Wildman–Crippen LogP) is 3.06. The van der Waals surface area contributed by atoms with Gasteiger partial charge in [0, 0.05) is 4.91 Å². The first kappa shape index (κ1) is 21.9. The van der Waals surface area contributed by atoms with Gasteiger partial charge in [-0.2, -0.15) is 0 Å². The van der Waals surface area contributed by atoms with Crippen LogP contribution in [0.2, 0.25) is 0 Å². The van der Waals surface area contributed by atoms with Crippen LogP contribution in [0.1, 0.15) is 54.9 Å². The number of esters is 1. The van der Waals surface area contributed by atoms with Crippen LogP contribution in [0.15, 0.2) is 5.11 Å². The number of imide groups is 1. The van der Waals surface area contributed by atoms with E-state index in [0.29, 0.717) is 6.41 Å². The summed E-state index contributed by atoms with van der Waals surface area (Å²) in [5.41, 5.74) is 7.90. The molecular weight excluding hydrogens is 312 g/mol. The van der Waals surface area contributed by atoms with Crippen LogP contribution < -0.4 is 0 Å². The van der Waals surface area contributed by atoms with Crippen LogP contribution in [-0.2, 0) is 19.1 Å². The van der Waals surface area contributed by atoms with E-state index in [1.807, 2.05) is 13.8 Å². The summed E-state index contributed by atoms with van der Waals surface area (Å²) in [4.78, 5) is 40.1. The Balaban J connectivity index is 5.68. The molecule has 0 saturated carbocycles. The van der Waals surface area contributed by atoms with E-state index in [0.717, 1.165) is 4.90 Å². The van der Waals surface area contributed by atoms with Crippen LogP contribution in [0, 0.1) is 11.8 Å². The molecule has 0 aromatic rings. The molecular formula is C16H28N4O4. The largest absolute Gasteiger partial charge is 0.458 e. The van der Waals surface area contributed by atoms with Crippen LogP contribution >= 0.6 is 0 Å². The SMILES string of the molecule is CC(C)C[C@@H](C(=O)OC(C)(C)C)N(C=O)C(=O)[C@@H](N=[N+]=[N-])C(C)C. The molecule has 2 amide bonds. The number of hydrogen-bond donors (Lipinski definition) is 0. The Hall–Kier alpha value is -2.08. The van der Waals surface area contributed by atoms with Gasteiger partial charge >= 0.3 is 5.97 Å². The van der Waals surface area contributed by atoms with Gasteiger partial charge in [-0.25, -0.2) is 4.79 Å². The van der Waals surface area contributed by atoms with E-state index in [9.17, 15) is 14.4 Å². The highest BCUT2D eigenvalue weighted by Gasteiger charge is 2.37. The average Bonchev–Trinajstić information content (AvgIpc) is 2.41. The summed E-state index contributed by atoms with van der Waals surface area (Å²) < 4.78 is 5.34. The quantitative estimate of drug-likeness (QED) is 0.222. The Kier molecular flexibility index (Phi) is 8.47. The number of carbonyl (C=O) groups is 3. The Morgan fingerprint density at radius 2 is 1.79 bits per heavy atom. The monoisotopic (exact) mass is 340 g/mol. The van der Waals surface area contributed by atoms with Crippen LogP contribution in [0.4, 0.5) is 0 Å². The molecule has 0 spiro atoms. The molecule has 0 aromatic heterocycles. The topological polar surface area (TPSA) is 112 Å². The normalized spacial score (nSPS) is 13.9. The minimum atomic E-state index is -1.06. The summed E-state index contributed by atoms with van der Waals surface area (Å²) in [7, 11) is 0. The third-order valence-electron chi connectivity index (χ3n) is 3.14. The summed E-state index contributed by atoms with van der Waals surface area (Å²) in [6.45, 7) is 12.3. The molecule has 0 bridgehead atoms.